The van der Waals surface area contributed by atoms with Gasteiger partial charge >= 0.3 is 0 Å². The summed E-state index contributed by atoms with van der Waals surface area (Å²) in [6.07, 6.45) is 5.51. The van der Waals surface area contributed by atoms with Gasteiger partial charge in [0.2, 0.25) is 0 Å². The van der Waals surface area contributed by atoms with Crippen LogP contribution in [0.25, 0.3) is 33.4 Å². The van der Waals surface area contributed by atoms with Gasteiger partial charge in [0, 0.05) is 35.1 Å². The molecule has 0 bridgehead atoms. The van der Waals surface area contributed by atoms with E-state index in [-0.39, 0.29) is 0 Å². The van der Waals surface area contributed by atoms with Crippen molar-refractivity contribution in [1.29, 1.82) is 0 Å². The van der Waals surface area contributed by atoms with E-state index in [1.807, 2.05) is 67.0 Å². The summed E-state index contributed by atoms with van der Waals surface area (Å²) in [5.74, 6) is 0.734. The minimum Gasteiger partial charge on any atom is -0.264 e. The number of hydrogen-bond donors (Lipinski definition) is 0. The lowest BCUT2D eigenvalue weighted by Gasteiger charge is -2.09. The maximum absolute atomic E-state index is 4.70. The van der Waals surface area contributed by atoms with Crippen LogP contribution < -0.4 is 0 Å². The van der Waals surface area contributed by atoms with E-state index in [0.29, 0.717) is 0 Å². The van der Waals surface area contributed by atoms with Crippen molar-refractivity contribution in [2.24, 2.45) is 0 Å². The van der Waals surface area contributed by atoms with Crippen LogP contribution >= 0.6 is 0 Å². The molecule has 0 radical (unpaired) electrons. The van der Waals surface area contributed by atoms with Crippen molar-refractivity contribution >= 4 is 10.9 Å². The first kappa shape index (κ1) is 12.7. The summed E-state index contributed by atoms with van der Waals surface area (Å²) in [4.78, 5) is 13.4. The molecule has 0 aliphatic carbocycles. The molecule has 0 aliphatic rings. The monoisotopic (exact) mass is 283 g/mol. The standard InChI is InChI=1S/C19H13N3/c1-4-10-18-15(6-1)13-21-19(22-18)17-9-3-2-8-16(17)14-7-5-11-20-12-14/h1-13H. The highest BCUT2D eigenvalue weighted by molar-refractivity contribution is 5.84. The number of fused-ring (bicyclic) bond motifs is 1. The van der Waals surface area contributed by atoms with E-state index in [4.69, 9.17) is 4.98 Å². The fourth-order valence-electron chi connectivity index (χ4n) is 2.55. The van der Waals surface area contributed by atoms with Gasteiger partial charge in [-0.25, -0.2) is 9.97 Å². The van der Waals surface area contributed by atoms with Gasteiger partial charge in [0.1, 0.15) is 0 Å². The van der Waals surface area contributed by atoms with Gasteiger partial charge in [0.15, 0.2) is 5.82 Å². The minimum absolute atomic E-state index is 0.734. The predicted molar refractivity (Wildman–Crippen MR) is 88.2 cm³/mol. The maximum Gasteiger partial charge on any atom is 0.160 e. The van der Waals surface area contributed by atoms with E-state index in [1.165, 1.54) is 0 Å². The van der Waals surface area contributed by atoms with Gasteiger partial charge < -0.3 is 0 Å². The molecule has 0 saturated carbocycles. The molecule has 4 rings (SSSR count). The molecular weight excluding hydrogens is 270 g/mol. The first-order chi connectivity index (χ1) is 10.9. The zero-order valence-electron chi connectivity index (χ0n) is 11.8. The number of para-hydroxylation sites is 1. The molecule has 0 aliphatic heterocycles. The largest absolute Gasteiger partial charge is 0.264 e. The molecule has 0 N–H and O–H groups in total. The van der Waals surface area contributed by atoms with Crippen LogP contribution in [0.5, 0.6) is 0 Å². The maximum atomic E-state index is 4.70. The molecule has 0 spiro atoms. The fourth-order valence-corrected chi connectivity index (χ4v) is 2.55. The molecule has 0 fully saturated rings. The van der Waals surface area contributed by atoms with Crippen LogP contribution in [-0.2, 0) is 0 Å². The van der Waals surface area contributed by atoms with E-state index >= 15 is 0 Å². The first-order valence-corrected chi connectivity index (χ1v) is 7.13. The van der Waals surface area contributed by atoms with Crippen molar-refractivity contribution in [1.82, 2.24) is 15.0 Å². The quantitative estimate of drug-likeness (QED) is 0.548. The first-order valence-electron chi connectivity index (χ1n) is 7.13. The Kier molecular flexibility index (Phi) is 3.09. The van der Waals surface area contributed by atoms with Crippen LogP contribution in [0.2, 0.25) is 0 Å². The van der Waals surface area contributed by atoms with Crippen LogP contribution in [0.3, 0.4) is 0 Å². The number of pyridine rings is 1. The van der Waals surface area contributed by atoms with Crippen LogP contribution in [0, 0.1) is 0 Å². The topological polar surface area (TPSA) is 38.7 Å². The zero-order valence-corrected chi connectivity index (χ0v) is 11.8. The van der Waals surface area contributed by atoms with Crippen molar-refractivity contribution in [3.8, 4) is 22.5 Å². The van der Waals surface area contributed by atoms with E-state index < -0.39 is 0 Å². The highest BCUT2D eigenvalue weighted by atomic mass is 14.9. The Morgan fingerprint density at radius 3 is 2.36 bits per heavy atom. The minimum atomic E-state index is 0.734. The van der Waals surface area contributed by atoms with Crippen LogP contribution in [-0.4, -0.2) is 15.0 Å². The number of benzene rings is 2. The van der Waals surface area contributed by atoms with Gasteiger partial charge in [-0.1, -0.05) is 48.5 Å². The third-order valence-corrected chi connectivity index (χ3v) is 3.63. The Hall–Kier alpha value is -3.07. The van der Waals surface area contributed by atoms with Crippen LogP contribution in [0.15, 0.2) is 79.3 Å². The molecular formula is C19H13N3. The molecule has 22 heavy (non-hydrogen) atoms. The van der Waals surface area contributed by atoms with E-state index in [1.54, 1.807) is 6.20 Å². The lowest BCUT2D eigenvalue weighted by molar-refractivity contribution is 1.23. The van der Waals surface area contributed by atoms with Crippen molar-refractivity contribution < 1.29 is 0 Å². The van der Waals surface area contributed by atoms with Gasteiger partial charge in [-0.05, 0) is 17.7 Å². The Labute approximate surface area is 128 Å². The van der Waals surface area contributed by atoms with Crippen molar-refractivity contribution in [2.75, 3.05) is 0 Å². The summed E-state index contributed by atoms with van der Waals surface area (Å²) in [6, 6.07) is 20.2. The Morgan fingerprint density at radius 1 is 0.682 bits per heavy atom. The fraction of sp³-hybridized carbons (Fsp3) is 0. The lowest BCUT2D eigenvalue weighted by atomic mass is 10.0. The molecule has 3 nitrogen and oxygen atoms in total. The molecule has 2 aromatic heterocycles. The lowest BCUT2D eigenvalue weighted by Crippen LogP contribution is -1.92. The van der Waals surface area contributed by atoms with E-state index in [2.05, 4.69) is 16.0 Å². The summed E-state index contributed by atoms with van der Waals surface area (Å²) >= 11 is 0. The van der Waals surface area contributed by atoms with Crippen molar-refractivity contribution in [2.45, 2.75) is 0 Å². The molecule has 4 aromatic rings. The van der Waals surface area contributed by atoms with Crippen LogP contribution in [0.4, 0.5) is 0 Å². The third kappa shape index (κ3) is 2.23. The average Bonchev–Trinajstić information content (AvgIpc) is 2.62. The van der Waals surface area contributed by atoms with Gasteiger partial charge in [0.05, 0.1) is 5.52 Å². The van der Waals surface area contributed by atoms with E-state index in [0.717, 1.165) is 33.4 Å². The van der Waals surface area contributed by atoms with Gasteiger partial charge in [-0.15, -0.1) is 0 Å². The second-order valence-electron chi connectivity index (χ2n) is 5.04. The van der Waals surface area contributed by atoms with Crippen LogP contribution in [0.1, 0.15) is 0 Å². The highest BCUT2D eigenvalue weighted by Crippen LogP contribution is 2.29. The Bertz CT molecular complexity index is 933. The SMILES string of the molecule is c1cncc(-c2ccccc2-c2ncc3ccccc3n2)c1. The van der Waals surface area contributed by atoms with Gasteiger partial charge in [-0.3, -0.25) is 4.98 Å². The molecule has 2 aromatic carbocycles. The van der Waals surface area contributed by atoms with Crippen molar-refractivity contribution in [3.63, 3.8) is 0 Å². The summed E-state index contributed by atoms with van der Waals surface area (Å²) in [7, 11) is 0. The molecule has 3 heteroatoms. The second-order valence-corrected chi connectivity index (χ2v) is 5.04. The average molecular weight is 283 g/mol. The number of rotatable bonds is 2. The number of hydrogen-bond acceptors (Lipinski definition) is 3. The summed E-state index contributed by atoms with van der Waals surface area (Å²) in [5.41, 5.74) is 4.12. The second kappa shape index (κ2) is 5.37. The number of nitrogens with zero attached hydrogens (tertiary/aromatic N) is 3. The summed E-state index contributed by atoms with van der Waals surface area (Å²) in [5, 5.41) is 1.05. The molecule has 2 heterocycles. The Balaban J connectivity index is 1.92. The Morgan fingerprint density at radius 2 is 1.50 bits per heavy atom. The molecule has 0 atom stereocenters. The van der Waals surface area contributed by atoms with E-state index in [9.17, 15) is 0 Å². The van der Waals surface area contributed by atoms with Gasteiger partial charge in [-0.2, -0.15) is 0 Å². The molecule has 0 unspecified atom stereocenters. The molecule has 0 saturated heterocycles. The summed E-state index contributed by atoms with van der Waals surface area (Å²) < 4.78 is 0. The highest BCUT2D eigenvalue weighted by Gasteiger charge is 2.09. The smallest absolute Gasteiger partial charge is 0.160 e. The third-order valence-electron chi connectivity index (χ3n) is 3.63. The molecule has 104 valence electrons. The number of aromatic nitrogens is 3. The van der Waals surface area contributed by atoms with Crippen molar-refractivity contribution in [3.05, 3.63) is 79.3 Å². The predicted octanol–water partition coefficient (Wildman–Crippen LogP) is 4.36. The van der Waals surface area contributed by atoms with Gasteiger partial charge in [0.25, 0.3) is 0 Å². The zero-order chi connectivity index (χ0) is 14.8. The molecule has 0 amide bonds. The normalized spacial score (nSPS) is 10.7. The summed E-state index contributed by atoms with van der Waals surface area (Å²) in [6.45, 7) is 0.